The van der Waals surface area contributed by atoms with Crippen LogP contribution in [0.1, 0.15) is 5.56 Å². The van der Waals surface area contributed by atoms with Crippen LogP contribution in [0.25, 0.3) is 0 Å². The van der Waals surface area contributed by atoms with E-state index in [9.17, 15) is 4.79 Å². The molecule has 0 unspecified atom stereocenters. The average Bonchev–Trinajstić information content (AvgIpc) is 2.69. The molecule has 5 nitrogen and oxygen atoms in total. The standard InChI is InChI=1S/C8H6N4O/c13-6-8(9-11-12-10-8)7-4-2-1-3-5-7/h1-6H. The van der Waals surface area contributed by atoms with Crippen LogP contribution in [0.5, 0.6) is 0 Å². The van der Waals surface area contributed by atoms with Crippen molar-refractivity contribution in [1.29, 1.82) is 0 Å². The van der Waals surface area contributed by atoms with Crippen LogP contribution < -0.4 is 0 Å². The molecule has 0 N–H and O–H groups in total. The van der Waals surface area contributed by atoms with E-state index >= 15 is 0 Å². The largest absolute Gasteiger partial charge is 0.298 e. The van der Waals surface area contributed by atoms with Gasteiger partial charge in [-0.2, -0.15) is 0 Å². The summed E-state index contributed by atoms with van der Waals surface area (Å²) < 4.78 is 0. The minimum absolute atomic E-state index is 0.627. The fourth-order valence-electron chi connectivity index (χ4n) is 1.11. The Morgan fingerprint density at radius 2 is 1.69 bits per heavy atom. The molecule has 0 atom stereocenters. The Bertz CT molecular complexity index is 359. The van der Waals surface area contributed by atoms with Gasteiger partial charge in [-0.25, -0.2) is 0 Å². The smallest absolute Gasteiger partial charge is 0.274 e. The molecule has 13 heavy (non-hydrogen) atoms. The molecule has 0 bridgehead atoms. The Balaban J connectivity index is 2.50. The first kappa shape index (κ1) is 7.72. The van der Waals surface area contributed by atoms with Crippen LogP contribution in [0.2, 0.25) is 0 Å². The van der Waals surface area contributed by atoms with E-state index in [1.54, 1.807) is 12.1 Å². The third-order valence-electron chi connectivity index (χ3n) is 1.80. The summed E-state index contributed by atoms with van der Waals surface area (Å²) in [4.78, 5) is 10.8. The van der Waals surface area contributed by atoms with Crippen molar-refractivity contribution in [2.75, 3.05) is 0 Å². The van der Waals surface area contributed by atoms with Crippen LogP contribution in [0.3, 0.4) is 0 Å². The zero-order chi connectivity index (χ0) is 9.15. The van der Waals surface area contributed by atoms with E-state index in [2.05, 4.69) is 20.7 Å². The lowest BCUT2D eigenvalue weighted by Gasteiger charge is -2.11. The maximum Gasteiger partial charge on any atom is 0.274 e. The predicted octanol–water partition coefficient (Wildman–Crippen LogP) is 1.87. The van der Waals surface area contributed by atoms with Gasteiger partial charge in [0.15, 0.2) is 6.29 Å². The summed E-state index contributed by atoms with van der Waals surface area (Å²) >= 11 is 0. The van der Waals surface area contributed by atoms with E-state index in [0.717, 1.165) is 0 Å². The topological polar surface area (TPSA) is 66.5 Å². The second kappa shape index (κ2) is 2.85. The Morgan fingerprint density at radius 3 is 2.23 bits per heavy atom. The zero-order valence-corrected chi connectivity index (χ0v) is 6.66. The SMILES string of the molecule is O=CC1(c2ccccc2)N=NN=N1. The minimum atomic E-state index is -1.23. The van der Waals surface area contributed by atoms with E-state index in [0.29, 0.717) is 11.8 Å². The van der Waals surface area contributed by atoms with Gasteiger partial charge in [0.2, 0.25) is 0 Å². The van der Waals surface area contributed by atoms with E-state index in [4.69, 9.17) is 0 Å². The van der Waals surface area contributed by atoms with Crippen molar-refractivity contribution in [3.63, 3.8) is 0 Å². The van der Waals surface area contributed by atoms with Gasteiger partial charge >= 0.3 is 0 Å². The number of rotatable bonds is 2. The lowest BCUT2D eigenvalue weighted by molar-refractivity contribution is -0.112. The molecular formula is C8H6N4O. The van der Waals surface area contributed by atoms with Gasteiger partial charge in [-0.05, 0) is 10.4 Å². The number of hydrogen-bond acceptors (Lipinski definition) is 5. The van der Waals surface area contributed by atoms with Gasteiger partial charge in [-0.1, -0.05) is 30.3 Å². The third kappa shape index (κ3) is 1.14. The van der Waals surface area contributed by atoms with Crippen molar-refractivity contribution < 1.29 is 4.79 Å². The molecule has 64 valence electrons. The Kier molecular flexibility index (Phi) is 1.70. The van der Waals surface area contributed by atoms with Crippen molar-refractivity contribution in [3.8, 4) is 0 Å². The number of nitrogens with zero attached hydrogens (tertiary/aromatic N) is 4. The molecule has 0 fully saturated rings. The molecule has 1 aliphatic heterocycles. The van der Waals surface area contributed by atoms with Crippen LogP contribution >= 0.6 is 0 Å². The summed E-state index contributed by atoms with van der Waals surface area (Å²) in [7, 11) is 0. The minimum Gasteiger partial charge on any atom is -0.298 e. The summed E-state index contributed by atoms with van der Waals surface area (Å²) in [6, 6.07) is 8.99. The Labute approximate surface area is 74.2 Å². The van der Waals surface area contributed by atoms with Crippen LogP contribution in [-0.4, -0.2) is 6.29 Å². The van der Waals surface area contributed by atoms with Crippen molar-refractivity contribution in [2.24, 2.45) is 20.7 Å². The van der Waals surface area contributed by atoms with Gasteiger partial charge in [0, 0.05) is 5.56 Å². The number of benzene rings is 1. The van der Waals surface area contributed by atoms with Crippen LogP contribution in [0, 0.1) is 0 Å². The van der Waals surface area contributed by atoms with E-state index in [1.807, 2.05) is 18.2 Å². The molecular weight excluding hydrogens is 168 g/mol. The Morgan fingerprint density at radius 1 is 1.08 bits per heavy atom. The number of carbonyl (C=O) groups excluding carboxylic acids is 1. The number of aldehydes is 1. The molecule has 0 saturated carbocycles. The van der Waals surface area contributed by atoms with Crippen molar-refractivity contribution in [2.45, 2.75) is 5.66 Å². The molecule has 1 aromatic rings. The maximum atomic E-state index is 10.8. The van der Waals surface area contributed by atoms with Crippen molar-refractivity contribution in [1.82, 2.24) is 0 Å². The summed E-state index contributed by atoms with van der Waals surface area (Å²) in [6.45, 7) is 0. The molecule has 1 aromatic carbocycles. The predicted molar refractivity (Wildman–Crippen MR) is 43.9 cm³/mol. The van der Waals surface area contributed by atoms with Gasteiger partial charge in [0.25, 0.3) is 5.66 Å². The van der Waals surface area contributed by atoms with E-state index < -0.39 is 5.66 Å². The molecule has 0 amide bonds. The highest BCUT2D eigenvalue weighted by Crippen LogP contribution is 2.29. The fourth-order valence-corrected chi connectivity index (χ4v) is 1.11. The molecule has 0 aromatic heterocycles. The second-order valence-corrected chi connectivity index (χ2v) is 2.59. The van der Waals surface area contributed by atoms with Crippen molar-refractivity contribution >= 4 is 6.29 Å². The van der Waals surface area contributed by atoms with Crippen molar-refractivity contribution in [3.05, 3.63) is 35.9 Å². The lowest BCUT2D eigenvalue weighted by Crippen LogP contribution is -2.19. The van der Waals surface area contributed by atoms with Gasteiger partial charge in [0.05, 0.1) is 0 Å². The number of hydrogen-bond donors (Lipinski definition) is 0. The molecule has 5 heteroatoms. The second-order valence-electron chi connectivity index (χ2n) is 2.59. The summed E-state index contributed by atoms with van der Waals surface area (Å²) in [5, 5.41) is 14.0. The van der Waals surface area contributed by atoms with E-state index in [-0.39, 0.29) is 0 Å². The normalized spacial score (nSPS) is 17.5. The molecule has 0 radical (unpaired) electrons. The summed E-state index contributed by atoms with van der Waals surface area (Å²) in [5.41, 5.74) is -0.559. The highest BCUT2D eigenvalue weighted by molar-refractivity contribution is 5.67. The third-order valence-corrected chi connectivity index (χ3v) is 1.80. The van der Waals surface area contributed by atoms with Gasteiger partial charge < -0.3 is 0 Å². The van der Waals surface area contributed by atoms with Gasteiger partial charge in [0.1, 0.15) is 0 Å². The lowest BCUT2D eigenvalue weighted by atomic mass is 10.0. The van der Waals surface area contributed by atoms with Gasteiger partial charge in [-0.15, -0.1) is 10.2 Å². The monoisotopic (exact) mass is 174 g/mol. The summed E-state index contributed by atoms with van der Waals surface area (Å²) in [5.74, 6) is 0. The Hall–Kier alpha value is -1.91. The highest BCUT2D eigenvalue weighted by atomic mass is 16.1. The van der Waals surface area contributed by atoms with E-state index in [1.165, 1.54) is 0 Å². The number of carbonyl (C=O) groups is 1. The fraction of sp³-hybridized carbons (Fsp3) is 0.125. The first-order chi connectivity index (χ1) is 6.37. The molecule has 0 spiro atoms. The summed E-state index contributed by atoms with van der Waals surface area (Å²) in [6.07, 6.45) is 0.627. The molecule has 0 saturated heterocycles. The molecule has 1 heterocycles. The maximum absolute atomic E-state index is 10.8. The molecule has 2 rings (SSSR count). The highest BCUT2D eigenvalue weighted by Gasteiger charge is 2.34. The molecule has 1 aliphatic rings. The quantitative estimate of drug-likeness (QED) is 0.631. The molecule has 0 aliphatic carbocycles. The van der Waals surface area contributed by atoms with Crippen LogP contribution in [0.15, 0.2) is 51.0 Å². The average molecular weight is 174 g/mol. The first-order valence-electron chi connectivity index (χ1n) is 3.73. The van der Waals surface area contributed by atoms with Crippen LogP contribution in [0.4, 0.5) is 0 Å². The van der Waals surface area contributed by atoms with Crippen LogP contribution in [-0.2, 0) is 10.5 Å². The zero-order valence-electron chi connectivity index (χ0n) is 6.66. The first-order valence-corrected chi connectivity index (χ1v) is 3.73. The van der Waals surface area contributed by atoms with Gasteiger partial charge in [-0.3, -0.25) is 4.79 Å².